The molecule has 0 radical (unpaired) electrons. The zero-order valence-corrected chi connectivity index (χ0v) is 15.6. The molecule has 1 fully saturated rings. The lowest BCUT2D eigenvalue weighted by Gasteiger charge is -2.09. The molecule has 0 saturated heterocycles. The first-order valence-corrected chi connectivity index (χ1v) is 9.47. The van der Waals surface area contributed by atoms with Crippen LogP contribution in [0, 0.1) is 16.7 Å². The van der Waals surface area contributed by atoms with Gasteiger partial charge in [-0.2, -0.15) is 0 Å². The molecule has 27 heavy (non-hydrogen) atoms. The minimum Gasteiger partial charge on any atom is -0.403 e. The van der Waals surface area contributed by atoms with Crippen molar-refractivity contribution in [3.63, 3.8) is 0 Å². The Hall–Kier alpha value is -2.94. The van der Waals surface area contributed by atoms with Gasteiger partial charge in [-0.25, -0.2) is 9.98 Å². The molecule has 0 aliphatic heterocycles. The molecule has 0 bridgehead atoms. The standard InChI is InChI=1S/C18H22N8S/c19-8-13(9-20)24-12-7-15-14(23-10-12)5-6-16(25-15)26-18(22)27-17(21)11-3-1-2-4-11/h5-11,19,21,24H,1-4,20H2,(H2,22,25,26)/b13-9+,19-8?,21-17?. The molecular weight excluding hydrogens is 360 g/mol. The largest absolute Gasteiger partial charge is 0.403 e. The SMILES string of the molecule is N=C/C(=C\N)Nc1cnc2ccc(N=C(N)SC(=N)C3CCCC3)nc2c1. The Balaban J connectivity index is 1.77. The maximum Gasteiger partial charge on any atom is 0.166 e. The van der Waals surface area contributed by atoms with Crippen molar-refractivity contribution < 1.29 is 0 Å². The quantitative estimate of drug-likeness (QED) is 0.395. The van der Waals surface area contributed by atoms with Crippen LogP contribution in [0.1, 0.15) is 25.7 Å². The monoisotopic (exact) mass is 382 g/mol. The van der Waals surface area contributed by atoms with Crippen LogP contribution in [-0.2, 0) is 0 Å². The third kappa shape index (κ3) is 4.82. The summed E-state index contributed by atoms with van der Waals surface area (Å²) in [5.41, 5.74) is 13.9. The van der Waals surface area contributed by atoms with Crippen LogP contribution in [0.4, 0.5) is 11.5 Å². The lowest BCUT2D eigenvalue weighted by molar-refractivity contribution is 0.736. The van der Waals surface area contributed by atoms with Crippen molar-refractivity contribution in [2.24, 2.45) is 22.4 Å². The van der Waals surface area contributed by atoms with Crippen LogP contribution in [0.15, 0.2) is 41.3 Å². The lowest BCUT2D eigenvalue weighted by Crippen LogP contribution is -2.14. The van der Waals surface area contributed by atoms with E-state index in [4.69, 9.17) is 22.3 Å². The van der Waals surface area contributed by atoms with Crippen molar-refractivity contribution in [3.8, 4) is 0 Å². The number of pyridine rings is 2. The molecule has 2 aromatic heterocycles. The number of aromatic nitrogens is 2. The van der Waals surface area contributed by atoms with Gasteiger partial charge in [0.15, 0.2) is 11.0 Å². The number of thioether (sulfide) groups is 1. The molecule has 0 unspecified atom stereocenters. The number of allylic oxidation sites excluding steroid dienone is 1. The van der Waals surface area contributed by atoms with Crippen LogP contribution in [-0.4, -0.2) is 26.4 Å². The number of hydrogen-bond acceptors (Lipinski definition) is 8. The second kappa shape index (κ2) is 8.63. The van der Waals surface area contributed by atoms with Gasteiger partial charge in [-0.1, -0.05) is 12.8 Å². The van der Waals surface area contributed by atoms with E-state index < -0.39 is 0 Å². The van der Waals surface area contributed by atoms with Gasteiger partial charge in [0, 0.05) is 18.3 Å². The van der Waals surface area contributed by atoms with E-state index in [1.807, 2.05) is 6.07 Å². The van der Waals surface area contributed by atoms with E-state index >= 15 is 0 Å². The second-order valence-corrected chi connectivity index (χ2v) is 7.28. The van der Waals surface area contributed by atoms with Gasteiger partial charge in [-0.05, 0) is 42.8 Å². The first-order valence-electron chi connectivity index (χ1n) is 8.65. The molecule has 140 valence electrons. The summed E-state index contributed by atoms with van der Waals surface area (Å²) in [6.45, 7) is 0. The molecule has 1 aliphatic rings. The highest BCUT2D eigenvalue weighted by Crippen LogP contribution is 2.30. The summed E-state index contributed by atoms with van der Waals surface area (Å²) in [5.74, 6) is 0.775. The zero-order valence-electron chi connectivity index (χ0n) is 14.8. The van der Waals surface area contributed by atoms with Crippen LogP contribution >= 0.6 is 11.8 Å². The van der Waals surface area contributed by atoms with Crippen molar-refractivity contribution in [1.82, 2.24) is 9.97 Å². The fourth-order valence-corrected chi connectivity index (χ4v) is 3.71. The molecule has 0 spiro atoms. The Morgan fingerprint density at radius 2 is 2.07 bits per heavy atom. The average Bonchev–Trinajstić information content (AvgIpc) is 3.20. The number of nitrogens with zero attached hydrogens (tertiary/aromatic N) is 3. The van der Waals surface area contributed by atoms with Crippen LogP contribution in [0.25, 0.3) is 11.0 Å². The summed E-state index contributed by atoms with van der Waals surface area (Å²) < 4.78 is 0. The zero-order chi connectivity index (χ0) is 19.2. The van der Waals surface area contributed by atoms with E-state index in [0.29, 0.717) is 38.8 Å². The maximum absolute atomic E-state index is 8.17. The molecular formula is C18H22N8S. The Kier molecular flexibility index (Phi) is 6.02. The first kappa shape index (κ1) is 18.8. The number of nitrogens with one attached hydrogen (secondary N) is 3. The van der Waals surface area contributed by atoms with Gasteiger partial charge in [-0.3, -0.25) is 10.4 Å². The number of anilines is 1. The minimum atomic E-state index is 0.310. The summed E-state index contributed by atoms with van der Waals surface area (Å²) in [6.07, 6.45) is 8.55. The number of nitrogens with two attached hydrogens (primary N) is 2. The fourth-order valence-electron chi connectivity index (χ4n) is 2.94. The lowest BCUT2D eigenvalue weighted by atomic mass is 10.1. The van der Waals surface area contributed by atoms with Crippen LogP contribution in [0.3, 0.4) is 0 Å². The summed E-state index contributed by atoms with van der Waals surface area (Å²) in [4.78, 5) is 13.1. The molecule has 3 rings (SSSR count). The Labute approximate surface area is 161 Å². The van der Waals surface area contributed by atoms with E-state index in [9.17, 15) is 0 Å². The topological polar surface area (TPSA) is 150 Å². The van der Waals surface area contributed by atoms with Crippen LogP contribution in [0.5, 0.6) is 0 Å². The van der Waals surface area contributed by atoms with E-state index in [1.54, 1.807) is 18.3 Å². The predicted octanol–water partition coefficient (Wildman–Crippen LogP) is 3.34. The summed E-state index contributed by atoms with van der Waals surface area (Å²) in [7, 11) is 0. The molecule has 8 nitrogen and oxygen atoms in total. The molecule has 0 aromatic carbocycles. The van der Waals surface area contributed by atoms with Crippen LogP contribution < -0.4 is 16.8 Å². The Bertz CT molecular complexity index is 915. The normalized spacial score (nSPS) is 15.9. The van der Waals surface area contributed by atoms with Crippen molar-refractivity contribution in [2.75, 3.05) is 5.32 Å². The Morgan fingerprint density at radius 1 is 1.30 bits per heavy atom. The molecule has 1 saturated carbocycles. The fraction of sp³-hybridized carbons (Fsp3) is 0.278. The third-order valence-electron chi connectivity index (χ3n) is 4.31. The van der Waals surface area contributed by atoms with E-state index in [0.717, 1.165) is 24.6 Å². The third-order valence-corrected chi connectivity index (χ3v) is 5.17. The van der Waals surface area contributed by atoms with Gasteiger partial charge in [0.1, 0.15) is 0 Å². The minimum absolute atomic E-state index is 0.310. The smallest absolute Gasteiger partial charge is 0.166 e. The average molecular weight is 382 g/mol. The van der Waals surface area contributed by atoms with Crippen molar-refractivity contribution in [3.05, 3.63) is 36.3 Å². The van der Waals surface area contributed by atoms with E-state index in [-0.39, 0.29) is 0 Å². The first-order chi connectivity index (χ1) is 13.1. The summed E-state index contributed by atoms with van der Waals surface area (Å²) >= 11 is 1.21. The number of hydrogen-bond donors (Lipinski definition) is 5. The van der Waals surface area contributed by atoms with Gasteiger partial charge in [0.25, 0.3) is 0 Å². The van der Waals surface area contributed by atoms with Crippen molar-refractivity contribution in [2.45, 2.75) is 25.7 Å². The Morgan fingerprint density at radius 3 is 2.78 bits per heavy atom. The van der Waals surface area contributed by atoms with Gasteiger partial charge < -0.3 is 22.2 Å². The van der Waals surface area contributed by atoms with E-state index in [2.05, 4.69) is 20.3 Å². The maximum atomic E-state index is 8.17. The molecule has 0 amide bonds. The predicted molar refractivity (Wildman–Crippen MR) is 113 cm³/mol. The molecule has 1 aliphatic carbocycles. The van der Waals surface area contributed by atoms with Crippen LogP contribution in [0.2, 0.25) is 0 Å². The molecule has 7 N–H and O–H groups in total. The number of rotatable bonds is 5. The van der Waals surface area contributed by atoms with Crippen molar-refractivity contribution >= 4 is 50.7 Å². The van der Waals surface area contributed by atoms with Gasteiger partial charge in [0.05, 0.1) is 33.7 Å². The summed E-state index contributed by atoms with van der Waals surface area (Å²) in [6, 6.07) is 5.37. The van der Waals surface area contributed by atoms with Gasteiger partial charge >= 0.3 is 0 Å². The molecule has 9 heteroatoms. The highest BCUT2D eigenvalue weighted by atomic mass is 32.2. The molecule has 2 heterocycles. The molecule has 0 atom stereocenters. The summed E-state index contributed by atoms with van der Waals surface area (Å²) in [5, 5.41) is 19.3. The highest BCUT2D eigenvalue weighted by Gasteiger charge is 2.20. The number of aliphatic imine (C=N–C) groups is 1. The van der Waals surface area contributed by atoms with E-state index in [1.165, 1.54) is 30.8 Å². The second-order valence-electron chi connectivity index (χ2n) is 6.22. The van der Waals surface area contributed by atoms with Gasteiger partial charge in [-0.15, -0.1) is 0 Å². The molecule has 2 aromatic rings. The highest BCUT2D eigenvalue weighted by molar-refractivity contribution is 8.26. The number of amidine groups is 1. The van der Waals surface area contributed by atoms with Crippen molar-refractivity contribution in [1.29, 1.82) is 10.8 Å². The van der Waals surface area contributed by atoms with Gasteiger partial charge in [0.2, 0.25) is 0 Å². The number of fused-ring (bicyclic) bond motifs is 1.